The summed E-state index contributed by atoms with van der Waals surface area (Å²) in [5.41, 5.74) is 3.70. The fourth-order valence-electron chi connectivity index (χ4n) is 11.5. The van der Waals surface area contributed by atoms with Gasteiger partial charge in [0.05, 0.1) is 0 Å². The van der Waals surface area contributed by atoms with E-state index in [1.54, 1.807) is 0 Å². The van der Waals surface area contributed by atoms with Gasteiger partial charge in [-0.15, -0.1) is 0 Å². The zero-order valence-corrected chi connectivity index (χ0v) is 58.1. The standard InChI is InChI=1S/C31H54O2.C26H44O2.C24H40O2/c1-3-5-7-9-11-12-13-14-15-16-18-19-21-24-29-25-23-26-30(28-29)33-31(32)27-22-20-17-10-8-6-4-2;1-3-5-6-7-8-9-10-11-12-13-14-15-16-17-18-22-26(27)28-25-21-19-20-24(4-2)23-25;1-3-5-6-7-8-9-10-11-12-13-14-15-16-20-24(25)26-23-19-17-18-22(4-2)21-23/h23,25-26,28H,3-22,24,27H2,1-2H3;19-21,23H,3-18,22H2,1-2H3;17-19,21H,3-16,20H2,1-2H3. The molecule has 0 aliphatic heterocycles. The Labute approximate surface area is 538 Å². The van der Waals surface area contributed by atoms with Gasteiger partial charge < -0.3 is 14.2 Å². The van der Waals surface area contributed by atoms with Crippen molar-refractivity contribution in [1.82, 2.24) is 0 Å². The van der Waals surface area contributed by atoms with E-state index in [2.05, 4.69) is 65.8 Å². The fraction of sp³-hybridized carbons (Fsp3) is 0.741. The molecule has 0 amide bonds. The lowest BCUT2D eigenvalue weighted by molar-refractivity contribution is -0.135. The van der Waals surface area contributed by atoms with Gasteiger partial charge in [-0.1, -0.05) is 360 Å². The van der Waals surface area contributed by atoms with Crippen molar-refractivity contribution in [3.05, 3.63) is 89.5 Å². The predicted octanol–water partition coefficient (Wildman–Crippen LogP) is 26.4. The molecule has 0 saturated carbocycles. The summed E-state index contributed by atoms with van der Waals surface area (Å²) < 4.78 is 16.4. The van der Waals surface area contributed by atoms with Crippen molar-refractivity contribution in [1.29, 1.82) is 0 Å². The van der Waals surface area contributed by atoms with E-state index < -0.39 is 0 Å². The number of carbonyl (C=O) groups excluding carboxylic acids is 3. The minimum Gasteiger partial charge on any atom is -0.427 e. The second-order valence-electron chi connectivity index (χ2n) is 25.6. The third kappa shape index (κ3) is 54.7. The molecule has 0 bridgehead atoms. The molecule has 3 aromatic rings. The summed E-state index contributed by atoms with van der Waals surface area (Å²) in [5.74, 6) is 1.82. The van der Waals surface area contributed by atoms with Gasteiger partial charge in [0.15, 0.2) is 0 Å². The lowest BCUT2D eigenvalue weighted by atomic mass is 10.0. The minimum absolute atomic E-state index is 0.0818. The second kappa shape index (κ2) is 63.6. The number of hydrogen-bond acceptors (Lipinski definition) is 6. The molecule has 0 radical (unpaired) electrons. The summed E-state index contributed by atoms with van der Waals surface area (Å²) in [7, 11) is 0. The average Bonchev–Trinajstić information content (AvgIpc) is 3.74. The molecular weight excluding hydrogens is 1070 g/mol. The van der Waals surface area contributed by atoms with E-state index in [-0.39, 0.29) is 17.9 Å². The molecule has 6 heteroatoms. The number of aryl methyl sites for hydroxylation is 3. The maximum absolute atomic E-state index is 12.1. The molecule has 0 spiro atoms. The minimum atomic E-state index is -0.0960. The molecule has 3 rings (SSSR count). The van der Waals surface area contributed by atoms with Gasteiger partial charge in [0.25, 0.3) is 0 Å². The largest absolute Gasteiger partial charge is 0.427 e. The lowest BCUT2D eigenvalue weighted by Gasteiger charge is -2.07. The van der Waals surface area contributed by atoms with E-state index in [0.717, 1.165) is 63.5 Å². The van der Waals surface area contributed by atoms with E-state index >= 15 is 0 Å². The molecule has 0 fully saturated rings. The second-order valence-corrected chi connectivity index (χ2v) is 25.6. The van der Waals surface area contributed by atoms with Gasteiger partial charge in [0.1, 0.15) is 17.2 Å². The molecule has 6 nitrogen and oxygen atoms in total. The van der Waals surface area contributed by atoms with Crippen LogP contribution in [-0.4, -0.2) is 17.9 Å². The zero-order valence-electron chi connectivity index (χ0n) is 58.1. The molecule has 0 N–H and O–H groups in total. The van der Waals surface area contributed by atoms with Crippen LogP contribution in [0.4, 0.5) is 0 Å². The smallest absolute Gasteiger partial charge is 0.311 e. The number of hydrogen-bond donors (Lipinski definition) is 0. The number of rotatable bonds is 57. The number of ether oxygens (including phenoxy) is 3. The third-order valence-corrected chi connectivity index (χ3v) is 17.2. The number of esters is 3. The summed E-state index contributed by atoms with van der Waals surface area (Å²) in [6, 6.07) is 23.8. The predicted molar refractivity (Wildman–Crippen MR) is 377 cm³/mol. The van der Waals surface area contributed by atoms with Gasteiger partial charge in [0, 0.05) is 19.3 Å². The van der Waals surface area contributed by atoms with E-state index in [1.807, 2.05) is 48.5 Å². The highest BCUT2D eigenvalue weighted by Crippen LogP contribution is 2.22. The molecule has 87 heavy (non-hydrogen) atoms. The molecule has 0 unspecified atom stereocenters. The number of carbonyl (C=O) groups is 3. The van der Waals surface area contributed by atoms with Crippen molar-refractivity contribution >= 4 is 17.9 Å². The molecule has 0 aliphatic carbocycles. The highest BCUT2D eigenvalue weighted by atomic mass is 16.5. The van der Waals surface area contributed by atoms with Crippen LogP contribution in [0.1, 0.15) is 386 Å². The topological polar surface area (TPSA) is 78.9 Å². The zero-order chi connectivity index (χ0) is 63.0. The Morgan fingerprint density at radius 1 is 0.241 bits per heavy atom. The van der Waals surface area contributed by atoms with Crippen LogP contribution in [0.15, 0.2) is 72.8 Å². The van der Waals surface area contributed by atoms with Crippen molar-refractivity contribution in [2.75, 3.05) is 0 Å². The first-order valence-corrected chi connectivity index (χ1v) is 37.7. The fourth-order valence-corrected chi connectivity index (χ4v) is 11.5. The van der Waals surface area contributed by atoms with Crippen LogP contribution in [0.2, 0.25) is 0 Å². The van der Waals surface area contributed by atoms with Crippen molar-refractivity contribution < 1.29 is 28.6 Å². The molecule has 0 heterocycles. The Bertz CT molecular complexity index is 1970. The summed E-state index contributed by atoms with van der Waals surface area (Å²) in [6.45, 7) is 13.3. The molecule has 3 aromatic carbocycles. The Balaban J connectivity index is 0.000000658. The molecular formula is C81H138O6. The van der Waals surface area contributed by atoms with E-state index in [4.69, 9.17) is 14.2 Å². The summed E-state index contributed by atoms with van der Waals surface area (Å²) in [6.07, 6.45) is 68.5. The van der Waals surface area contributed by atoms with E-state index in [9.17, 15) is 14.4 Å². The van der Waals surface area contributed by atoms with Crippen molar-refractivity contribution in [2.24, 2.45) is 0 Å². The first kappa shape index (κ1) is 81.1. The van der Waals surface area contributed by atoms with Crippen LogP contribution in [0.3, 0.4) is 0 Å². The Morgan fingerprint density at radius 3 is 0.667 bits per heavy atom. The summed E-state index contributed by atoms with van der Waals surface area (Å²) in [5, 5.41) is 0. The van der Waals surface area contributed by atoms with Gasteiger partial charge in [-0.25, -0.2) is 0 Å². The van der Waals surface area contributed by atoms with E-state index in [1.165, 1.54) is 286 Å². The molecule has 498 valence electrons. The van der Waals surface area contributed by atoms with Crippen LogP contribution in [-0.2, 0) is 33.6 Å². The SMILES string of the molecule is CCCCCCCCCCCCCCCC(=O)Oc1cccc(CC)c1.CCCCCCCCCCCCCCCCCC(=O)Oc1cccc(CC)c1.CCCCCCCCCCCCCCCc1cccc(OC(=O)CCCCCCCCC)c1. The monoisotopic (exact) mass is 1210 g/mol. The maximum atomic E-state index is 12.1. The summed E-state index contributed by atoms with van der Waals surface area (Å²) >= 11 is 0. The molecule has 0 aromatic heterocycles. The van der Waals surface area contributed by atoms with Crippen LogP contribution >= 0.6 is 0 Å². The molecule has 0 atom stereocenters. The van der Waals surface area contributed by atoms with Crippen LogP contribution in [0, 0.1) is 0 Å². The molecule has 0 saturated heterocycles. The quantitative estimate of drug-likeness (QED) is 0.0318. The normalized spacial score (nSPS) is 11.0. The number of unbranched alkanes of at least 4 members (excludes halogenated alkanes) is 44. The van der Waals surface area contributed by atoms with Gasteiger partial charge in [0.2, 0.25) is 0 Å². The Morgan fingerprint density at radius 2 is 0.437 bits per heavy atom. The first-order valence-electron chi connectivity index (χ1n) is 37.7. The Kier molecular flexibility index (Phi) is 59.3. The Hall–Kier alpha value is -3.93. The number of benzene rings is 3. The van der Waals surface area contributed by atoms with E-state index in [0.29, 0.717) is 30.8 Å². The highest BCUT2D eigenvalue weighted by Gasteiger charge is 2.09. The lowest BCUT2D eigenvalue weighted by Crippen LogP contribution is -2.07. The van der Waals surface area contributed by atoms with Gasteiger partial charge >= 0.3 is 17.9 Å². The van der Waals surface area contributed by atoms with Crippen LogP contribution < -0.4 is 14.2 Å². The van der Waals surface area contributed by atoms with Gasteiger partial charge in [-0.05, 0) is 98.0 Å². The highest BCUT2D eigenvalue weighted by molar-refractivity contribution is 5.73. The van der Waals surface area contributed by atoms with Crippen molar-refractivity contribution in [3.63, 3.8) is 0 Å². The molecule has 0 aliphatic rings. The average molecular weight is 1210 g/mol. The van der Waals surface area contributed by atoms with Gasteiger partial charge in [-0.3, -0.25) is 14.4 Å². The van der Waals surface area contributed by atoms with Crippen LogP contribution in [0.25, 0.3) is 0 Å². The van der Waals surface area contributed by atoms with Gasteiger partial charge in [-0.2, -0.15) is 0 Å². The first-order chi connectivity index (χ1) is 42.8. The van der Waals surface area contributed by atoms with Crippen molar-refractivity contribution in [3.8, 4) is 17.2 Å². The van der Waals surface area contributed by atoms with Crippen molar-refractivity contribution in [2.45, 2.75) is 388 Å². The van der Waals surface area contributed by atoms with Crippen LogP contribution in [0.5, 0.6) is 17.2 Å². The maximum Gasteiger partial charge on any atom is 0.311 e. The summed E-state index contributed by atoms with van der Waals surface area (Å²) in [4.78, 5) is 35.9. The third-order valence-electron chi connectivity index (χ3n) is 17.2.